The summed E-state index contributed by atoms with van der Waals surface area (Å²) in [5.74, 6) is -8.10. The summed E-state index contributed by atoms with van der Waals surface area (Å²) in [5.41, 5.74) is 8.46. The van der Waals surface area contributed by atoms with E-state index in [1.807, 2.05) is 0 Å². The van der Waals surface area contributed by atoms with E-state index in [1.165, 1.54) is 21.3 Å². The first kappa shape index (κ1) is 26.8. The first-order valence-corrected chi connectivity index (χ1v) is 11.5. The van der Waals surface area contributed by atoms with E-state index in [-0.39, 0.29) is 30.0 Å². The maximum absolute atomic E-state index is 13.2. The fourth-order valence-corrected chi connectivity index (χ4v) is 3.80. The lowest BCUT2D eigenvalue weighted by Crippen LogP contribution is -2.04. The molecule has 40 heavy (non-hydrogen) atoms. The number of benzene rings is 2. The van der Waals surface area contributed by atoms with Crippen molar-refractivity contribution in [2.75, 3.05) is 0 Å². The molecule has 0 fully saturated rings. The summed E-state index contributed by atoms with van der Waals surface area (Å²) in [6, 6.07) is 9.80. The molecule has 204 valence electrons. The highest BCUT2D eigenvalue weighted by Crippen LogP contribution is 2.24. The van der Waals surface area contributed by atoms with Crippen LogP contribution < -0.4 is 5.73 Å². The molecule has 6 aromatic rings. The molecule has 6 rings (SSSR count). The Labute approximate surface area is 221 Å². The van der Waals surface area contributed by atoms with Gasteiger partial charge in [-0.2, -0.15) is 10.2 Å². The van der Waals surface area contributed by atoms with E-state index in [9.17, 15) is 26.3 Å². The van der Waals surface area contributed by atoms with Crippen LogP contribution in [0.2, 0.25) is 0 Å². The monoisotopic (exact) mass is 557 g/mol. The number of nitrogens with zero attached hydrogens (tertiary/aromatic N) is 6. The molecule has 0 unspecified atom stereocenters. The molecule has 0 aliphatic carbocycles. The molecule has 0 spiro atoms. The first-order valence-electron chi connectivity index (χ1n) is 11.5. The van der Waals surface area contributed by atoms with Gasteiger partial charge in [0.15, 0.2) is 46.2 Å². The lowest BCUT2D eigenvalue weighted by atomic mass is 10.1. The molecule has 4 heterocycles. The Bertz CT molecular complexity index is 1690. The first-order chi connectivity index (χ1) is 19.2. The fraction of sp³-hybridized carbons (Fsp3) is 0.0769. The van der Waals surface area contributed by atoms with Gasteiger partial charge in [-0.3, -0.25) is 0 Å². The van der Waals surface area contributed by atoms with Crippen molar-refractivity contribution in [1.29, 1.82) is 0 Å². The molecule has 0 saturated heterocycles. The highest BCUT2D eigenvalue weighted by atomic mass is 19.2. The van der Waals surface area contributed by atoms with Gasteiger partial charge >= 0.3 is 0 Å². The summed E-state index contributed by atoms with van der Waals surface area (Å²) in [6.07, 6.45) is 3.01. The van der Waals surface area contributed by atoms with Crippen LogP contribution >= 0.6 is 0 Å². The van der Waals surface area contributed by atoms with Crippen LogP contribution in [0, 0.1) is 34.9 Å². The van der Waals surface area contributed by atoms with Gasteiger partial charge in [0.25, 0.3) is 0 Å². The average molecular weight is 557 g/mol. The summed E-state index contributed by atoms with van der Waals surface area (Å²) < 4.78 is 81.6. The van der Waals surface area contributed by atoms with Crippen molar-refractivity contribution in [2.45, 2.75) is 13.2 Å². The zero-order chi connectivity index (χ0) is 28.6. The van der Waals surface area contributed by atoms with Gasteiger partial charge in [-0.15, -0.1) is 0 Å². The Morgan fingerprint density at radius 3 is 1.43 bits per heavy atom. The number of aliphatic hydroxyl groups excluding tert-OH is 1. The summed E-state index contributed by atoms with van der Waals surface area (Å²) in [7, 11) is 0. The molecule has 2 aromatic carbocycles. The number of halogens is 6. The largest absolute Gasteiger partial charge is 0.390 e. The SMILES string of the molecule is NCc1cnc2ccc(-c3cc(F)c(F)c(F)c3)nn12.OCc1cnc2ccc(-c3cc(F)c(F)c(F)c3)nn12. The van der Waals surface area contributed by atoms with Crippen LogP contribution in [-0.2, 0) is 13.2 Å². The Balaban J connectivity index is 0.000000161. The van der Waals surface area contributed by atoms with Crippen LogP contribution in [-0.4, -0.2) is 34.3 Å². The second kappa shape index (κ2) is 10.7. The van der Waals surface area contributed by atoms with Crippen molar-refractivity contribution < 1.29 is 31.4 Å². The van der Waals surface area contributed by atoms with Gasteiger partial charge in [0, 0.05) is 17.7 Å². The molecule has 0 saturated carbocycles. The van der Waals surface area contributed by atoms with E-state index in [0.717, 1.165) is 24.3 Å². The van der Waals surface area contributed by atoms with Gasteiger partial charge in [0.2, 0.25) is 0 Å². The van der Waals surface area contributed by atoms with Crippen molar-refractivity contribution in [3.8, 4) is 22.5 Å². The zero-order valence-corrected chi connectivity index (χ0v) is 20.2. The molecule has 4 aromatic heterocycles. The number of aliphatic hydroxyl groups is 1. The predicted molar refractivity (Wildman–Crippen MR) is 130 cm³/mol. The van der Waals surface area contributed by atoms with Crippen molar-refractivity contribution in [2.24, 2.45) is 5.73 Å². The van der Waals surface area contributed by atoms with Gasteiger partial charge in [-0.05, 0) is 48.5 Å². The van der Waals surface area contributed by atoms with Crippen LogP contribution in [0.4, 0.5) is 26.3 Å². The van der Waals surface area contributed by atoms with E-state index in [2.05, 4.69) is 20.2 Å². The maximum Gasteiger partial charge on any atom is 0.194 e. The fourth-order valence-electron chi connectivity index (χ4n) is 3.80. The number of hydrogen-bond acceptors (Lipinski definition) is 6. The molecule has 0 amide bonds. The standard InChI is InChI=1S/C13H9F3N4.C13H8F3N3O/c14-9-3-7(4-10(15)13(9)16)11-1-2-12-18-6-8(5-17)20(12)19-11;14-9-3-7(4-10(15)13(9)16)11-1-2-12-17-5-8(6-20)19(12)18-11/h1-4,6H,5,17H2;1-5,20H,6H2. The average Bonchev–Trinajstić information content (AvgIpc) is 3.57. The maximum atomic E-state index is 13.2. The van der Waals surface area contributed by atoms with Crippen molar-refractivity contribution in [1.82, 2.24) is 29.2 Å². The zero-order valence-electron chi connectivity index (χ0n) is 20.2. The Hall–Kier alpha value is -4.82. The number of nitrogens with two attached hydrogens (primary N) is 1. The van der Waals surface area contributed by atoms with Gasteiger partial charge in [-0.25, -0.2) is 45.3 Å². The molecule has 0 aliphatic heterocycles. The van der Waals surface area contributed by atoms with E-state index in [0.29, 0.717) is 28.4 Å². The molecule has 3 N–H and O–H groups in total. The minimum atomic E-state index is -1.52. The third-order valence-electron chi connectivity index (χ3n) is 5.80. The lowest BCUT2D eigenvalue weighted by molar-refractivity contribution is 0.274. The molecule has 0 radical (unpaired) electrons. The third-order valence-corrected chi connectivity index (χ3v) is 5.80. The number of rotatable bonds is 4. The van der Waals surface area contributed by atoms with E-state index >= 15 is 0 Å². The highest BCUT2D eigenvalue weighted by molar-refractivity contribution is 5.61. The second-order valence-corrected chi connectivity index (χ2v) is 8.35. The quantitative estimate of drug-likeness (QED) is 0.243. The van der Waals surface area contributed by atoms with E-state index in [1.54, 1.807) is 24.4 Å². The Kier molecular flexibility index (Phi) is 7.19. The number of imidazole rings is 2. The van der Waals surface area contributed by atoms with E-state index < -0.39 is 34.9 Å². The number of fused-ring (bicyclic) bond motifs is 2. The van der Waals surface area contributed by atoms with Gasteiger partial charge in [-0.1, -0.05) is 0 Å². The summed E-state index contributed by atoms with van der Waals surface area (Å²) in [5, 5.41) is 17.5. The topological polar surface area (TPSA) is 107 Å². The van der Waals surface area contributed by atoms with Crippen LogP contribution in [0.1, 0.15) is 11.4 Å². The van der Waals surface area contributed by atoms with Crippen LogP contribution in [0.15, 0.2) is 60.9 Å². The van der Waals surface area contributed by atoms with Crippen molar-refractivity contribution >= 4 is 11.3 Å². The lowest BCUT2D eigenvalue weighted by Gasteiger charge is -2.04. The minimum Gasteiger partial charge on any atom is -0.390 e. The summed E-state index contributed by atoms with van der Waals surface area (Å²) in [4.78, 5) is 8.09. The molecule has 0 bridgehead atoms. The normalized spacial score (nSPS) is 11.2. The molecule has 0 aliphatic rings. The predicted octanol–water partition coefficient (Wildman–Crippen LogP) is 4.58. The van der Waals surface area contributed by atoms with E-state index in [4.69, 9.17) is 10.8 Å². The molecular formula is C26H17F6N7O. The van der Waals surface area contributed by atoms with Crippen molar-refractivity contribution in [3.05, 3.63) is 107 Å². The van der Waals surface area contributed by atoms with Crippen LogP contribution in [0.5, 0.6) is 0 Å². The second-order valence-electron chi connectivity index (χ2n) is 8.35. The van der Waals surface area contributed by atoms with Gasteiger partial charge in [0.1, 0.15) is 0 Å². The Morgan fingerprint density at radius 1 is 0.625 bits per heavy atom. The summed E-state index contributed by atoms with van der Waals surface area (Å²) >= 11 is 0. The molecular weight excluding hydrogens is 540 g/mol. The molecule has 14 heteroatoms. The Morgan fingerprint density at radius 2 is 1.02 bits per heavy atom. The minimum absolute atomic E-state index is 0.0980. The number of aromatic nitrogens is 6. The molecule has 0 atom stereocenters. The third kappa shape index (κ3) is 4.97. The van der Waals surface area contributed by atoms with Gasteiger partial charge < -0.3 is 10.8 Å². The highest BCUT2D eigenvalue weighted by Gasteiger charge is 2.15. The molecule has 8 nitrogen and oxygen atoms in total. The van der Waals surface area contributed by atoms with Gasteiger partial charge in [0.05, 0.1) is 41.8 Å². The van der Waals surface area contributed by atoms with Crippen LogP contribution in [0.25, 0.3) is 33.8 Å². The smallest absolute Gasteiger partial charge is 0.194 e. The van der Waals surface area contributed by atoms with Crippen LogP contribution in [0.3, 0.4) is 0 Å². The number of hydrogen-bond donors (Lipinski definition) is 2. The van der Waals surface area contributed by atoms with Crippen molar-refractivity contribution in [3.63, 3.8) is 0 Å². The summed E-state index contributed by atoms with van der Waals surface area (Å²) in [6.45, 7) is -0.0481.